The molecule has 3 aromatic heterocycles. The van der Waals surface area contributed by atoms with Crippen LogP contribution in [0.25, 0.3) is 11.3 Å². The number of aryl methyl sites for hydroxylation is 2. The lowest BCUT2D eigenvalue weighted by Crippen LogP contribution is -2.35. The van der Waals surface area contributed by atoms with E-state index in [-0.39, 0.29) is 30.9 Å². The van der Waals surface area contributed by atoms with E-state index in [1.54, 1.807) is 35.9 Å². The van der Waals surface area contributed by atoms with Gasteiger partial charge in [0.05, 0.1) is 5.69 Å². The van der Waals surface area contributed by atoms with Gasteiger partial charge in [0, 0.05) is 24.4 Å². The Hall–Kier alpha value is -4.41. The second-order valence-electron chi connectivity index (χ2n) is 8.18. The summed E-state index contributed by atoms with van der Waals surface area (Å²) in [7, 11) is 0. The molecule has 0 N–H and O–H groups in total. The Labute approximate surface area is 199 Å². The summed E-state index contributed by atoms with van der Waals surface area (Å²) in [6.07, 6.45) is 1.98. The minimum absolute atomic E-state index is 0.180. The maximum atomic E-state index is 12.7. The summed E-state index contributed by atoms with van der Waals surface area (Å²) in [5.41, 5.74) is 2.38. The van der Waals surface area contributed by atoms with E-state index in [9.17, 15) is 4.79 Å². The highest BCUT2D eigenvalue weighted by molar-refractivity contribution is 5.67. The molecule has 11 nitrogen and oxygen atoms in total. The molecule has 0 saturated carbocycles. The van der Waals surface area contributed by atoms with Crippen molar-refractivity contribution in [3.05, 3.63) is 70.4 Å². The van der Waals surface area contributed by atoms with Crippen LogP contribution in [0.15, 0.2) is 51.9 Å². The maximum Gasteiger partial charge on any atom is 0.351 e. The van der Waals surface area contributed by atoms with Gasteiger partial charge in [-0.25, -0.2) is 9.78 Å². The highest BCUT2D eigenvalue weighted by atomic mass is 16.6. The second-order valence-corrected chi connectivity index (χ2v) is 8.18. The van der Waals surface area contributed by atoms with E-state index in [2.05, 4.69) is 20.1 Å². The molecule has 0 spiro atoms. The van der Waals surface area contributed by atoms with Crippen molar-refractivity contribution in [1.82, 2.24) is 24.7 Å². The normalized spacial score (nSPS) is 15.7. The van der Waals surface area contributed by atoms with Crippen LogP contribution in [0, 0.1) is 6.92 Å². The molecule has 2 aliphatic rings. The van der Waals surface area contributed by atoms with Gasteiger partial charge < -0.3 is 23.5 Å². The maximum absolute atomic E-state index is 12.7. The molecule has 6 rings (SSSR count). The van der Waals surface area contributed by atoms with Crippen LogP contribution in [0.3, 0.4) is 0 Å². The number of rotatable bonds is 6. The van der Waals surface area contributed by atoms with E-state index < -0.39 is 0 Å². The number of hydrogen-bond donors (Lipinski definition) is 0. The zero-order valence-corrected chi connectivity index (χ0v) is 18.8. The number of ether oxygens (including phenoxy) is 4. The highest BCUT2D eigenvalue weighted by Crippen LogP contribution is 2.33. The van der Waals surface area contributed by atoms with Crippen molar-refractivity contribution >= 4 is 0 Å². The molecule has 4 aromatic rings. The standard InChI is InChI=1S/C24H21N5O6/c1-14-26-22(35-28-14)13-31-16-4-5-18-15(9-16)6-8-29-19(18)10-21(27-24(29)30)32-11-17-12-33-23-20(34-17)3-2-7-25-23/h2-5,7,9-10,17H,6,8,11-13H2,1H3. The number of aromatic nitrogens is 5. The third-order valence-electron chi connectivity index (χ3n) is 5.73. The molecule has 5 heterocycles. The molecule has 178 valence electrons. The highest BCUT2D eigenvalue weighted by Gasteiger charge is 2.24. The lowest BCUT2D eigenvalue weighted by atomic mass is 9.97. The van der Waals surface area contributed by atoms with Crippen LogP contribution in [0.5, 0.6) is 23.3 Å². The zero-order valence-electron chi connectivity index (χ0n) is 18.8. The van der Waals surface area contributed by atoms with E-state index in [1.807, 2.05) is 18.2 Å². The van der Waals surface area contributed by atoms with Crippen LogP contribution in [-0.4, -0.2) is 44.0 Å². The lowest BCUT2D eigenvalue weighted by Gasteiger charge is -2.25. The van der Waals surface area contributed by atoms with E-state index >= 15 is 0 Å². The smallest absolute Gasteiger partial charge is 0.351 e. The third-order valence-corrected chi connectivity index (χ3v) is 5.73. The SMILES string of the molecule is Cc1noc(COc2ccc3c(c2)CCn2c-3cc(OCC3COc4ncccc4O3)nc2=O)n1. The Balaban J connectivity index is 1.18. The van der Waals surface area contributed by atoms with Gasteiger partial charge in [0.25, 0.3) is 11.8 Å². The molecule has 0 fully saturated rings. The van der Waals surface area contributed by atoms with Gasteiger partial charge in [-0.2, -0.15) is 9.97 Å². The minimum atomic E-state index is -0.356. The predicted octanol–water partition coefficient (Wildman–Crippen LogP) is 2.35. The van der Waals surface area contributed by atoms with Crippen molar-refractivity contribution < 1.29 is 23.5 Å². The van der Waals surface area contributed by atoms with Crippen molar-refractivity contribution in [2.45, 2.75) is 32.6 Å². The molecule has 0 radical (unpaired) electrons. The molecule has 2 aliphatic heterocycles. The molecular formula is C24H21N5O6. The van der Waals surface area contributed by atoms with Crippen LogP contribution in [0.2, 0.25) is 0 Å². The second kappa shape index (κ2) is 8.75. The first-order valence-corrected chi connectivity index (χ1v) is 11.2. The van der Waals surface area contributed by atoms with Crippen LogP contribution in [-0.2, 0) is 19.6 Å². The summed E-state index contributed by atoms with van der Waals surface area (Å²) in [6.45, 7) is 2.93. The van der Waals surface area contributed by atoms with Crippen LogP contribution in [0.1, 0.15) is 17.3 Å². The number of pyridine rings is 1. The molecule has 35 heavy (non-hydrogen) atoms. The summed E-state index contributed by atoms with van der Waals surface area (Å²) < 4.78 is 29.9. The Kier molecular flexibility index (Phi) is 5.28. The average molecular weight is 475 g/mol. The summed E-state index contributed by atoms with van der Waals surface area (Å²) in [5, 5.41) is 3.76. The minimum Gasteiger partial charge on any atom is -0.484 e. The van der Waals surface area contributed by atoms with Crippen molar-refractivity contribution in [2.24, 2.45) is 0 Å². The van der Waals surface area contributed by atoms with Gasteiger partial charge in [0.15, 0.2) is 24.3 Å². The van der Waals surface area contributed by atoms with Gasteiger partial charge in [0.1, 0.15) is 19.0 Å². The predicted molar refractivity (Wildman–Crippen MR) is 121 cm³/mol. The van der Waals surface area contributed by atoms with E-state index in [1.165, 1.54) is 0 Å². The first-order valence-electron chi connectivity index (χ1n) is 11.2. The van der Waals surface area contributed by atoms with Crippen LogP contribution in [0.4, 0.5) is 0 Å². The van der Waals surface area contributed by atoms with Gasteiger partial charge in [-0.15, -0.1) is 0 Å². The number of hydrogen-bond acceptors (Lipinski definition) is 10. The van der Waals surface area contributed by atoms with Crippen LogP contribution >= 0.6 is 0 Å². The van der Waals surface area contributed by atoms with Crippen molar-refractivity contribution in [3.63, 3.8) is 0 Å². The molecule has 0 bridgehead atoms. The molecule has 1 atom stereocenters. The van der Waals surface area contributed by atoms with E-state index in [4.69, 9.17) is 23.5 Å². The Morgan fingerprint density at radius 3 is 3.00 bits per heavy atom. The quantitative estimate of drug-likeness (QED) is 0.410. The summed E-state index contributed by atoms with van der Waals surface area (Å²) >= 11 is 0. The fraction of sp³-hybridized carbons (Fsp3) is 0.292. The fourth-order valence-electron chi connectivity index (χ4n) is 4.11. The summed E-state index contributed by atoms with van der Waals surface area (Å²) in [5.74, 6) is 2.92. The van der Waals surface area contributed by atoms with Gasteiger partial charge in [-0.1, -0.05) is 5.16 Å². The molecule has 0 saturated heterocycles. The molecule has 0 aliphatic carbocycles. The van der Waals surface area contributed by atoms with Crippen molar-refractivity contribution in [1.29, 1.82) is 0 Å². The topological polar surface area (TPSA) is 124 Å². The zero-order chi connectivity index (χ0) is 23.8. The fourth-order valence-corrected chi connectivity index (χ4v) is 4.11. The molecule has 0 amide bonds. The Bertz CT molecular complexity index is 1450. The number of nitrogens with zero attached hydrogens (tertiary/aromatic N) is 5. The molecule has 11 heteroatoms. The number of fused-ring (bicyclic) bond motifs is 4. The first kappa shape index (κ1) is 21.1. The van der Waals surface area contributed by atoms with Gasteiger partial charge in [0.2, 0.25) is 5.88 Å². The Morgan fingerprint density at radius 2 is 2.11 bits per heavy atom. The van der Waals surface area contributed by atoms with Crippen molar-refractivity contribution in [3.8, 4) is 34.5 Å². The third kappa shape index (κ3) is 4.27. The molecule has 1 aromatic carbocycles. The monoisotopic (exact) mass is 475 g/mol. The van der Waals surface area contributed by atoms with E-state index in [0.29, 0.717) is 48.7 Å². The van der Waals surface area contributed by atoms with E-state index in [0.717, 1.165) is 16.8 Å². The summed E-state index contributed by atoms with van der Waals surface area (Å²) in [6, 6.07) is 11.1. The van der Waals surface area contributed by atoms with Crippen molar-refractivity contribution in [2.75, 3.05) is 13.2 Å². The van der Waals surface area contributed by atoms with Crippen LogP contribution < -0.4 is 24.6 Å². The summed E-state index contributed by atoms with van der Waals surface area (Å²) in [4.78, 5) is 25.1. The first-order chi connectivity index (χ1) is 17.1. The number of benzene rings is 1. The molecular weight excluding hydrogens is 454 g/mol. The average Bonchev–Trinajstić information content (AvgIpc) is 3.30. The van der Waals surface area contributed by atoms with Gasteiger partial charge >= 0.3 is 5.69 Å². The lowest BCUT2D eigenvalue weighted by molar-refractivity contribution is 0.0486. The van der Waals surface area contributed by atoms with Gasteiger partial charge in [-0.05, 0) is 49.2 Å². The largest absolute Gasteiger partial charge is 0.484 e. The van der Waals surface area contributed by atoms with Gasteiger partial charge in [-0.3, -0.25) is 4.57 Å². The molecule has 1 unspecified atom stereocenters. The Morgan fingerprint density at radius 1 is 1.17 bits per heavy atom.